The summed E-state index contributed by atoms with van der Waals surface area (Å²) < 4.78 is 17.8. The molecule has 0 atom stereocenters. The van der Waals surface area contributed by atoms with Crippen LogP contribution in [-0.4, -0.2) is 48.1 Å². The largest absolute Gasteiger partial charge is 0.495 e. The van der Waals surface area contributed by atoms with Gasteiger partial charge >= 0.3 is 19.2 Å². The topological polar surface area (TPSA) is 85.3 Å². The molecule has 1 saturated heterocycles. The molecule has 1 aliphatic heterocycles. The van der Waals surface area contributed by atoms with Crippen LogP contribution in [0.2, 0.25) is 0 Å². The Morgan fingerprint density at radius 3 is 2.10 bits per heavy atom. The lowest BCUT2D eigenvalue weighted by atomic mass is 9.74. The molecule has 1 N–H and O–H groups in total. The highest BCUT2D eigenvalue weighted by Crippen LogP contribution is 2.37. The molecule has 1 aromatic rings. The third kappa shape index (κ3) is 5.11. The minimum absolute atomic E-state index is 0.179. The van der Waals surface area contributed by atoms with Gasteiger partial charge in [-0.05, 0) is 78.0 Å². The highest BCUT2D eigenvalue weighted by molar-refractivity contribution is 6.63. The summed E-state index contributed by atoms with van der Waals surface area (Å²) in [4.78, 5) is 25.3. The van der Waals surface area contributed by atoms with E-state index >= 15 is 0 Å². The summed E-state index contributed by atoms with van der Waals surface area (Å²) in [5.41, 5.74) is 0.862. The summed E-state index contributed by atoms with van der Waals surface area (Å²) in [5.74, 6) is -0.959. The van der Waals surface area contributed by atoms with Gasteiger partial charge in [-0.3, -0.25) is 9.69 Å². The van der Waals surface area contributed by atoms with Crippen LogP contribution < -0.4 is 10.4 Å². The van der Waals surface area contributed by atoms with Gasteiger partial charge in [0.2, 0.25) is 0 Å². The normalized spacial score (nSPS) is 17.9. The van der Waals surface area contributed by atoms with E-state index in [2.05, 4.69) is 0 Å². The lowest BCUT2D eigenvalue weighted by Gasteiger charge is -2.32. The van der Waals surface area contributed by atoms with Crippen LogP contribution in [0.4, 0.5) is 10.5 Å². The quantitative estimate of drug-likeness (QED) is 0.774. The highest BCUT2D eigenvalue weighted by atomic mass is 16.7. The fourth-order valence-corrected chi connectivity index (χ4v) is 3.05. The first kappa shape index (κ1) is 23.2. The van der Waals surface area contributed by atoms with Gasteiger partial charge in [-0.1, -0.05) is 6.07 Å². The molecule has 1 amide bonds. The van der Waals surface area contributed by atoms with Gasteiger partial charge in [0, 0.05) is 12.7 Å². The summed E-state index contributed by atoms with van der Waals surface area (Å²) in [7, 11) is 0.939. The number of hydrogen-bond acceptors (Lipinski definition) is 5. The summed E-state index contributed by atoms with van der Waals surface area (Å²) in [6, 6.07) is 3.47. The Morgan fingerprint density at radius 1 is 1.14 bits per heavy atom. The Bertz CT molecular complexity index is 796. The average molecular weight is 405 g/mol. The zero-order valence-corrected chi connectivity index (χ0v) is 18.9. The number of benzene rings is 1. The fourth-order valence-electron chi connectivity index (χ4n) is 3.05. The first-order chi connectivity index (χ1) is 13.0. The summed E-state index contributed by atoms with van der Waals surface area (Å²) >= 11 is 0. The average Bonchev–Trinajstić information content (AvgIpc) is 2.73. The zero-order valence-electron chi connectivity index (χ0n) is 18.9. The maximum absolute atomic E-state index is 12.6. The number of nitrogens with zero attached hydrogens (tertiary/aromatic N) is 1. The van der Waals surface area contributed by atoms with E-state index in [9.17, 15) is 14.7 Å². The second-order valence-electron chi connectivity index (χ2n) is 9.53. The van der Waals surface area contributed by atoms with E-state index < -0.39 is 36.0 Å². The number of amides is 1. The Hall–Kier alpha value is -2.06. The van der Waals surface area contributed by atoms with Crippen molar-refractivity contribution in [2.45, 2.75) is 78.6 Å². The molecule has 0 aliphatic carbocycles. The zero-order chi connectivity index (χ0) is 22.4. The van der Waals surface area contributed by atoms with E-state index in [0.717, 1.165) is 5.56 Å². The number of hydrogen-bond donors (Lipinski definition) is 1. The molecule has 0 aromatic heterocycles. The number of carbonyl (C=O) groups is 2. The molecule has 0 spiro atoms. The highest BCUT2D eigenvalue weighted by Gasteiger charge is 2.52. The van der Waals surface area contributed by atoms with Crippen molar-refractivity contribution in [3.63, 3.8) is 0 Å². The van der Waals surface area contributed by atoms with E-state index in [1.807, 2.05) is 34.6 Å². The van der Waals surface area contributed by atoms with E-state index in [0.29, 0.717) is 16.7 Å². The Morgan fingerprint density at radius 2 is 1.66 bits per heavy atom. The van der Waals surface area contributed by atoms with Crippen molar-refractivity contribution in [2.24, 2.45) is 0 Å². The lowest BCUT2D eigenvalue weighted by Crippen LogP contribution is -2.41. The van der Waals surface area contributed by atoms with Crippen molar-refractivity contribution in [1.82, 2.24) is 0 Å². The molecule has 1 aliphatic rings. The van der Waals surface area contributed by atoms with Crippen LogP contribution in [0.3, 0.4) is 0 Å². The monoisotopic (exact) mass is 405 g/mol. The fraction of sp³-hybridized carbons (Fsp3) is 0.619. The van der Waals surface area contributed by atoms with Crippen LogP contribution in [0.25, 0.3) is 0 Å². The summed E-state index contributed by atoms with van der Waals surface area (Å²) in [5, 5.41) is 9.28. The van der Waals surface area contributed by atoms with Gasteiger partial charge < -0.3 is 19.2 Å². The van der Waals surface area contributed by atoms with Crippen LogP contribution in [0.15, 0.2) is 12.1 Å². The van der Waals surface area contributed by atoms with Crippen LogP contribution in [-0.2, 0) is 25.3 Å². The first-order valence-electron chi connectivity index (χ1n) is 9.71. The number of anilines is 1. The molecule has 2 rings (SSSR count). The number of carboxylic acids is 1. The van der Waals surface area contributed by atoms with Gasteiger partial charge in [-0.25, -0.2) is 4.79 Å². The number of carbonyl (C=O) groups excluding carboxylic acids is 1. The Labute approximate surface area is 173 Å². The molecular weight excluding hydrogens is 373 g/mol. The molecule has 7 nitrogen and oxygen atoms in total. The predicted octanol–water partition coefficient (Wildman–Crippen LogP) is 3.29. The maximum atomic E-state index is 12.6. The number of ether oxygens (including phenoxy) is 1. The van der Waals surface area contributed by atoms with Gasteiger partial charge in [-0.2, -0.15) is 0 Å². The smallest absolute Gasteiger partial charge is 0.481 e. The molecule has 0 saturated carbocycles. The lowest BCUT2D eigenvalue weighted by molar-refractivity contribution is -0.136. The van der Waals surface area contributed by atoms with Crippen LogP contribution in [0.5, 0.6) is 0 Å². The third-order valence-corrected chi connectivity index (χ3v) is 5.37. The SMILES string of the molecule is Cc1c(B2OC(C)(C)C(C)(C)O2)cc(CC(=O)O)cc1N(C)C(=O)OC(C)(C)C. The van der Waals surface area contributed by atoms with Crippen molar-refractivity contribution < 1.29 is 28.7 Å². The minimum atomic E-state index is -0.959. The van der Waals surface area contributed by atoms with Gasteiger partial charge in [0.05, 0.1) is 17.6 Å². The van der Waals surface area contributed by atoms with E-state index in [4.69, 9.17) is 14.0 Å². The molecule has 8 heteroatoms. The Balaban J connectivity index is 2.51. The van der Waals surface area contributed by atoms with Crippen LogP contribution in [0, 0.1) is 6.92 Å². The van der Waals surface area contributed by atoms with Crippen LogP contribution >= 0.6 is 0 Å². The first-order valence-corrected chi connectivity index (χ1v) is 9.71. The van der Waals surface area contributed by atoms with Crippen molar-refractivity contribution >= 4 is 30.3 Å². The van der Waals surface area contributed by atoms with Crippen molar-refractivity contribution in [3.05, 3.63) is 23.3 Å². The minimum Gasteiger partial charge on any atom is -0.481 e. The van der Waals surface area contributed by atoms with Crippen molar-refractivity contribution in [1.29, 1.82) is 0 Å². The summed E-state index contributed by atoms with van der Waals surface area (Å²) in [6.45, 7) is 15.1. The van der Waals surface area contributed by atoms with Gasteiger partial charge in [0.25, 0.3) is 0 Å². The summed E-state index contributed by atoms with van der Waals surface area (Å²) in [6.07, 6.45) is -0.699. The second kappa shape index (κ2) is 7.65. The van der Waals surface area contributed by atoms with Gasteiger partial charge in [0.15, 0.2) is 0 Å². The number of aliphatic carboxylic acids is 1. The molecular formula is C21H32BNO6. The third-order valence-electron chi connectivity index (χ3n) is 5.37. The van der Waals surface area contributed by atoms with Crippen molar-refractivity contribution in [2.75, 3.05) is 11.9 Å². The molecule has 0 unspecified atom stereocenters. The van der Waals surface area contributed by atoms with Gasteiger partial charge in [-0.15, -0.1) is 0 Å². The Kier molecular flexibility index (Phi) is 6.13. The molecule has 1 heterocycles. The molecule has 160 valence electrons. The van der Waals surface area contributed by atoms with E-state index in [-0.39, 0.29) is 6.42 Å². The molecule has 1 fully saturated rings. The molecule has 29 heavy (non-hydrogen) atoms. The van der Waals surface area contributed by atoms with E-state index in [1.165, 1.54) is 4.90 Å². The maximum Gasteiger partial charge on any atom is 0.495 e. The molecule has 0 radical (unpaired) electrons. The van der Waals surface area contributed by atoms with E-state index in [1.54, 1.807) is 40.0 Å². The van der Waals surface area contributed by atoms with Gasteiger partial charge in [0.1, 0.15) is 5.60 Å². The number of rotatable bonds is 4. The predicted molar refractivity (Wildman–Crippen MR) is 113 cm³/mol. The second-order valence-corrected chi connectivity index (χ2v) is 9.53. The van der Waals surface area contributed by atoms with Crippen LogP contribution in [0.1, 0.15) is 59.6 Å². The molecule has 1 aromatic carbocycles. The molecule has 0 bridgehead atoms. The van der Waals surface area contributed by atoms with Crippen molar-refractivity contribution in [3.8, 4) is 0 Å². The standard InChI is InChI=1S/C21H32BNO6/c1-13-15(22-28-20(5,6)21(7,8)29-22)10-14(12-17(24)25)11-16(13)23(9)18(26)27-19(2,3)4/h10-11H,12H2,1-9H3,(H,24,25). The number of carboxylic acid groups (broad SMARTS) is 1.